The van der Waals surface area contributed by atoms with Gasteiger partial charge in [0.2, 0.25) is 5.91 Å². The molecule has 334 valence electrons. The van der Waals surface area contributed by atoms with Gasteiger partial charge in [-0.2, -0.15) is 0 Å². The maximum Gasteiger partial charge on any atom is 0.306 e. The molecule has 0 aromatic carbocycles. The molecule has 0 aromatic rings. The van der Waals surface area contributed by atoms with Crippen molar-refractivity contribution in [3.05, 3.63) is 109 Å². The number of hydrogen-bond donors (Lipinski definition) is 3. The Morgan fingerprint density at radius 1 is 0.525 bits per heavy atom. The molecule has 3 unspecified atom stereocenters. The fourth-order valence-corrected chi connectivity index (χ4v) is 6.42. The van der Waals surface area contributed by atoms with Gasteiger partial charge in [-0.3, -0.25) is 9.59 Å². The van der Waals surface area contributed by atoms with Crippen LogP contribution in [0.1, 0.15) is 188 Å². The first-order chi connectivity index (χ1) is 29.0. The highest BCUT2D eigenvalue weighted by atomic mass is 16.5. The predicted molar refractivity (Wildman–Crippen MR) is 254 cm³/mol. The molecule has 0 bridgehead atoms. The maximum absolute atomic E-state index is 13.1. The topological polar surface area (TPSA) is 95.9 Å². The van der Waals surface area contributed by atoms with E-state index in [1.54, 1.807) is 0 Å². The van der Waals surface area contributed by atoms with Gasteiger partial charge in [-0.05, 0) is 77.0 Å². The second-order valence-corrected chi connectivity index (χ2v) is 15.5. The standard InChI is InChI=1S/C53H87NO5/c1-4-7-10-13-16-19-22-24-25-26-27-28-31-34-37-40-43-46-53(58)59-49(44-41-38-35-32-29-21-18-15-12-9-6-3)47-52(57)54-50(48-55)51(56)45-42-39-36-33-30-23-20-17-14-11-8-5-2/h7,9-10,12,15-16,18-19,21,24-25,27-29,32,34-35,37,49-51,55-56H,4-6,8,11,13-14,17,20,22-23,26,30-31,33,36,38-48H2,1-3H3,(H,54,57)/b10-7-,12-9+,18-15+,19-16-,25-24-,28-27-,29-21-,35-32-,37-34-. The summed E-state index contributed by atoms with van der Waals surface area (Å²) in [7, 11) is 0. The normalized spacial score (nSPS) is 14.3. The Bertz CT molecular complexity index is 1240. The van der Waals surface area contributed by atoms with Gasteiger partial charge in [-0.1, -0.05) is 207 Å². The Hall–Kier alpha value is -3.48. The molecule has 1 amide bonds. The number of nitrogens with one attached hydrogen (secondary N) is 1. The number of carbonyl (C=O) groups is 2. The van der Waals surface area contributed by atoms with E-state index >= 15 is 0 Å². The highest BCUT2D eigenvalue weighted by Crippen LogP contribution is 2.16. The van der Waals surface area contributed by atoms with Crippen LogP contribution in [0.15, 0.2) is 109 Å². The summed E-state index contributed by atoms with van der Waals surface area (Å²) >= 11 is 0. The lowest BCUT2D eigenvalue weighted by Gasteiger charge is -2.24. The summed E-state index contributed by atoms with van der Waals surface area (Å²) in [6, 6.07) is -0.740. The Kier molecular flexibility index (Phi) is 42.9. The summed E-state index contributed by atoms with van der Waals surface area (Å²) in [6.07, 6.45) is 61.6. The molecular formula is C53H87NO5. The van der Waals surface area contributed by atoms with Crippen LogP contribution in [-0.4, -0.2) is 46.9 Å². The molecule has 3 N–H and O–H groups in total. The summed E-state index contributed by atoms with van der Waals surface area (Å²) < 4.78 is 5.84. The largest absolute Gasteiger partial charge is 0.462 e. The van der Waals surface area contributed by atoms with Crippen molar-refractivity contribution >= 4 is 11.9 Å². The number of carbonyl (C=O) groups excluding carboxylic acids is 2. The fourth-order valence-electron chi connectivity index (χ4n) is 6.42. The van der Waals surface area contributed by atoms with Crippen LogP contribution in [0, 0.1) is 0 Å². The summed E-state index contributed by atoms with van der Waals surface area (Å²) in [5.74, 6) is -0.625. The van der Waals surface area contributed by atoms with Crippen molar-refractivity contribution in [2.45, 2.75) is 206 Å². The number of amides is 1. The zero-order valence-electron chi connectivity index (χ0n) is 37.8. The van der Waals surface area contributed by atoms with E-state index < -0.39 is 18.2 Å². The van der Waals surface area contributed by atoms with Gasteiger partial charge >= 0.3 is 5.97 Å². The summed E-state index contributed by atoms with van der Waals surface area (Å²) in [5.41, 5.74) is 0. The van der Waals surface area contributed by atoms with Crippen molar-refractivity contribution in [2.75, 3.05) is 6.61 Å². The molecule has 0 fully saturated rings. The van der Waals surface area contributed by atoms with E-state index in [0.717, 1.165) is 77.0 Å². The molecule has 0 aliphatic heterocycles. The number of esters is 1. The Labute approximate surface area is 362 Å². The number of aliphatic hydroxyl groups is 2. The minimum atomic E-state index is -0.820. The molecular weight excluding hydrogens is 731 g/mol. The van der Waals surface area contributed by atoms with Crippen LogP contribution in [-0.2, 0) is 14.3 Å². The van der Waals surface area contributed by atoms with Crippen LogP contribution < -0.4 is 5.32 Å². The number of ether oxygens (including phenoxy) is 1. The lowest BCUT2D eigenvalue weighted by Crippen LogP contribution is -2.46. The lowest BCUT2D eigenvalue weighted by atomic mass is 10.0. The highest BCUT2D eigenvalue weighted by Gasteiger charge is 2.23. The van der Waals surface area contributed by atoms with Crippen LogP contribution >= 0.6 is 0 Å². The summed E-state index contributed by atoms with van der Waals surface area (Å²) in [5, 5.41) is 23.6. The Morgan fingerprint density at radius 3 is 1.54 bits per heavy atom. The second kappa shape index (κ2) is 45.6. The van der Waals surface area contributed by atoms with Crippen LogP contribution in [0.4, 0.5) is 0 Å². The number of unbranched alkanes of at least 4 members (excludes halogenated alkanes) is 13. The van der Waals surface area contributed by atoms with E-state index in [4.69, 9.17) is 4.74 Å². The van der Waals surface area contributed by atoms with Crippen molar-refractivity contribution in [1.82, 2.24) is 5.32 Å². The van der Waals surface area contributed by atoms with Crippen LogP contribution in [0.2, 0.25) is 0 Å². The van der Waals surface area contributed by atoms with E-state index in [1.807, 2.05) is 36.5 Å². The molecule has 0 saturated heterocycles. The average Bonchev–Trinajstić information content (AvgIpc) is 3.23. The molecule has 3 atom stereocenters. The monoisotopic (exact) mass is 818 g/mol. The number of allylic oxidation sites excluding steroid dienone is 18. The molecule has 0 spiro atoms. The van der Waals surface area contributed by atoms with Crippen molar-refractivity contribution in [2.24, 2.45) is 0 Å². The average molecular weight is 818 g/mol. The molecule has 0 heterocycles. The van der Waals surface area contributed by atoms with E-state index in [9.17, 15) is 19.8 Å². The first-order valence-electron chi connectivity index (χ1n) is 23.7. The van der Waals surface area contributed by atoms with Crippen LogP contribution in [0.3, 0.4) is 0 Å². The van der Waals surface area contributed by atoms with Crippen LogP contribution in [0.25, 0.3) is 0 Å². The fraction of sp³-hybridized carbons (Fsp3) is 0.623. The second-order valence-electron chi connectivity index (χ2n) is 15.5. The zero-order valence-corrected chi connectivity index (χ0v) is 37.8. The van der Waals surface area contributed by atoms with Gasteiger partial charge < -0.3 is 20.3 Å². The molecule has 0 saturated carbocycles. The van der Waals surface area contributed by atoms with E-state index in [-0.39, 0.29) is 31.3 Å². The van der Waals surface area contributed by atoms with Gasteiger partial charge in [0.1, 0.15) is 6.10 Å². The molecule has 6 heteroatoms. The Balaban J connectivity index is 4.76. The highest BCUT2D eigenvalue weighted by molar-refractivity contribution is 5.77. The number of aliphatic hydroxyl groups excluding tert-OH is 2. The van der Waals surface area contributed by atoms with E-state index in [0.29, 0.717) is 19.3 Å². The van der Waals surface area contributed by atoms with E-state index in [1.165, 1.54) is 57.8 Å². The third-order valence-electron chi connectivity index (χ3n) is 9.94. The third kappa shape index (κ3) is 41.1. The van der Waals surface area contributed by atoms with Gasteiger partial charge in [0, 0.05) is 6.42 Å². The lowest BCUT2D eigenvalue weighted by molar-refractivity contribution is -0.151. The minimum Gasteiger partial charge on any atom is -0.462 e. The van der Waals surface area contributed by atoms with Crippen LogP contribution in [0.5, 0.6) is 0 Å². The molecule has 0 aromatic heterocycles. The quantitative estimate of drug-likeness (QED) is 0.0248. The van der Waals surface area contributed by atoms with Gasteiger partial charge in [-0.15, -0.1) is 0 Å². The minimum absolute atomic E-state index is 0.00201. The SMILES string of the molecule is CC/C=C\C/C=C\C/C=C\C/C=C\C/C=C\CCCC(=O)OC(CCC\C=C/C=C\C=C\C=C\CC)CC(=O)NC(CO)C(O)CCCCCCCCCCCCCC. The van der Waals surface area contributed by atoms with Gasteiger partial charge in [-0.25, -0.2) is 0 Å². The maximum atomic E-state index is 13.1. The van der Waals surface area contributed by atoms with Gasteiger partial charge in [0.05, 0.1) is 25.2 Å². The molecule has 0 radical (unpaired) electrons. The third-order valence-corrected chi connectivity index (χ3v) is 9.94. The molecule has 6 nitrogen and oxygen atoms in total. The van der Waals surface area contributed by atoms with Crippen molar-refractivity contribution in [1.29, 1.82) is 0 Å². The van der Waals surface area contributed by atoms with Crippen molar-refractivity contribution in [3.8, 4) is 0 Å². The zero-order chi connectivity index (χ0) is 43.1. The number of rotatable bonds is 40. The molecule has 0 aliphatic rings. The molecule has 59 heavy (non-hydrogen) atoms. The first kappa shape index (κ1) is 55.5. The van der Waals surface area contributed by atoms with Gasteiger partial charge in [0.25, 0.3) is 0 Å². The number of hydrogen-bond acceptors (Lipinski definition) is 5. The van der Waals surface area contributed by atoms with Crippen molar-refractivity contribution in [3.63, 3.8) is 0 Å². The summed E-state index contributed by atoms with van der Waals surface area (Å²) in [4.78, 5) is 26.0. The predicted octanol–water partition coefficient (Wildman–Crippen LogP) is 13.9. The molecule has 0 aliphatic carbocycles. The smallest absolute Gasteiger partial charge is 0.306 e. The van der Waals surface area contributed by atoms with Gasteiger partial charge in [0.15, 0.2) is 0 Å². The molecule has 0 rings (SSSR count). The Morgan fingerprint density at radius 2 is 1.00 bits per heavy atom. The first-order valence-corrected chi connectivity index (χ1v) is 23.7. The van der Waals surface area contributed by atoms with Crippen molar-refractivity contribution < 1.29 is 24.5 Å². The summed E-state index contributed by atoms with van der Waals surface area (Å²) in [6.45, 7) is 6.16. The van der Waals surface area contributed by atoms with E-state index in [2.05, 4.69) is 99.0 Å².